The molecular weight excluding hydrogens is 294 g/mol. The number of hydrogen-bond donors (Lipinski definition) is 1. The number of nitrogens with zero attached hydrogens (tertiary/aromatic N) is 2. The summed E-state index contributed by atoms with van der Waals surface area (Å²) in [5.41, 5.74) is 7.13. The number of pyridine rings is 1. The van der Waals surface area contributed by atoms with Gasteiger partial charge in [0.25, 0.3) is 0 Å². The molecule has 2 aromatic heterocycles. The van der Waals surface area contributed by atoms with Crippen LogP contribution in [-0.2, 0) is 16.6 Å². The second-order valence-electron chi connectivity index (χ2n) is 5.79. The van der Waals surface area contributed by atoms with Crippen molar-refractivity contribution in [2.45, 2.75) is 38.6 Å². The third-order valence-electron chi connectivity index (χ3n) is 3.71. The highest BCUT2D eigenvalue weighted by atomic mass is 32.2. The van der Waals surface area contributed by atoms with Crippen LogP contribution < -0.4 is 0 Å². The average Bonchev–Trinajstić information content (AvgIpc) is 2.86. The van der Waals surface area contributed by atoms with Crippen molar-refractivity contribution in [2.24, 2.45) is 0 Å². The Morgan fingerprint density at radius 2 is 1.77 bits per heavy atom. The summed E-state index contributed by atoms with van der Waals surface area (Å²) in [5, 5.41) is 0.519. The third-order valence-corrected chi connectivity index (χ3v) is 4.87. The largest absolute Gasteiger partial charge is 0.331 e. The van der Waals surface area contributed by atoms with Crippen LogP contribution in [0.2, 0.25) is 0 Å². The number of aromatic amines is 1. The lowest BCUT2D eigenvalue weighted by atomic mass is 10.1. The smallest absolute Gasteiger partial charge is 0.197 e. The molecule has 0 saturated carbocycles. The summed E-state index contributed by atoms with van der Waals surface area (Å²) in [5.74, 6) is 0.379. The highest BCUT2D eigenvalue weighted by Gasteiger charge is 2.14. The minimum absolute atomic E-state index is 0.379. The molecule has 1 N–H and O–H groups in total. The fraction of sp³-hybridized carbons (Fsp3) is 0.294. The highest BCUT2D eigenvalue weighted by molar-refractivity contribution is 7.84. The van der Waals surface area contributed by atoms with Gasteiger partial charge >= 0.3 is 0 Å². The fourth-order valence-corrected chi connectivity index (χ4v) is 3.75. The number of hydrogen-bond acceptors (Lipinski definition) is 3. The molecule has 0 radical (unpaired) electrons. The molecule has 114 valence electrons. The average molecular weight is 313 g/mol. The molecule has 1 aromatic carbocycles. The molecule has 0 aliphatic heterocycles. The van der Waals surface area contributed by atoms with Crippen LogP contribution in [0.4, 0.5) is 0 Å². The molecule has 22 heavy (non-hydrogen) atoms. The lowest BCUT2D eigenvalue weighted by Crippen LogP contribution is -2.03. The Morgan fingerprint density at radius 3 is 2.50 bits per heavy atom. The molecule has 0 spiro atoms. The van der Waals surface area contributed by atoms with Crippen molar-refractivity contribution in [2.75, 3.05) is 0 Å². The second kappa shape index (κ2) is 5.65. The lowest BCUT2D eigenvalue weighted by molar-refractivity contribution is 0.676. The first-order valence-electron chi connectivity index (χ1n) is 7.21. The summed E-state index contributed by atoms with van der Waals surface area (Å²) in [6.07, 6.45) is 1.81. The Kier molecular flexibility index (Phi) is 3.83. The first-order valence-corrected chi connectivity index (χ1v) is 8.53. The molecule has 5 heteroatoms. The molecule has 1 unspecified atom stereocenters. The summed E-state index contributed by atoms with van der Waals surface area (Å²) >= 11 is 0. The molecule has 4 nitrogen and oxygen atoms in total. The number of H-pyrrole nitrogens is 1. The quantitative estimate of drug-likeness (QED) is 0.805. The van der Waals surface area contributed by atoms with E-state index in [1.54, 1.807) is 0 Å². The molecule has 0 saturated heterocycles. The molecule has 1 atom stereocenters. The Labute approximate surface area is 132 Å². The van der Waals surface area contributed by atoms with E-state index in [-0.39, 0.29) is 0 Å². The molecule has 3 aromatic rings. The van der Waals surface area contributed by atoms with Crippen molar-refractivity contribution in [3.63, 3.8) is 0 Å². The van der Waals surface area contributed by atoms with Crippen molar-refractivity contribution in [3.8, 4) is 0 Å². The van der Waals surface area contributed by atoms with E-state index in [2.05, 4.69) is 27.1 Å². The number of nitrogens with one attached hydrogen (secondary N) is 1. The number of rotatable bonds is 3. The third kappa shape index (κ3) is 2.81. The van der Waals surface area contributed by atoms with Crippen LogP contribution in [0.25, 0.3) is 11.0 Å². The van der Waals surface area contributed by atoms with Gasteiger partial charge in [0.05, 0.1) is 33.3 Å². The van der Waals surface area contributed by atoms with Gasteiger partial charge in [-0.25, -0.2) is 4.98 Å². The number of aromatic nitrogens is 3. The molecule has 3 rings (SSSR count). The van der Waals surface area contributed by atoms with Gasteiger partial charge in [-0.1, -0.05) is 12.1 Å². The van der Waals surface area contributed by atoms with Crippen molar-refractivity contribution in [1.82, 2.24) is 15.0 Å². The maximum Gasteiger partial charge on any atom is 0.197 e. The first-order chi connectivity index (χ1) is 10.4. The van der Waals surface area contributed by atoms with Gasteiger partial charge in [0.2, 0.25) is 0 Å². The van der Waals surface area contributed by atoms with Crippen LogP contribution in [0, 0.1) is 27.7 Å². The topological polar surface area (TPSA) is 58.6 Å². The van der Waals surface area contributed by atoms with Crippen LogP contribution >= 0.6 is 0 Å². The summed E-state index contributed by atoms with van der Waals surface area (Å²) < 4.78 is 12.6. The van der Waals surface area contributed by atoms with E-state index in [0.717, 1.165) is 33.4 Å². The Hall–Kier alpha value is -2.01. The number of benzene rings is 1. The normalized spacial score (nSPS) is 12.7. The van der Waals surface area contributed by atoms with Gasteiger partial charge in [0, 0.05) is 6.20 Å². The van der Waals surface area contributed by atoms with E-state index in [1.807, 2.05) is 40.0 Å². The van der Waals surface area contributed by atoms with Gasteiger partial charge in [-0.05, 0) is 56.0 Å². The summed E-state index contributed by atoms with van der Waals surface area (Å²) in [4.78, 5) is 12.1. The van der Waals surface area contributed by atoms with Gasteiger partial charge in [-0.3, -0.25) is 9.19 Å². The maximum atomic E-state index is 12.6. The zero-order valence-corrected chi connectivity index (χ0v) is 14.0. The van der Waals surface area contributed by atoms with Crippen molar-refractivity contribution in [3.05, 3.63) is 52.3 Å². The second-order valence-corrected chi connectivity index (χ2v) is 7.15. The minimum atomic E-state index is -1.23. The Balaban J connectivity index is 1.93. The zero-order chi connectivity index (χ0) is 15.9. The highest BCUT2D eigenvalue weighted by Crippen LogP contribution is 2.21. The fourth-order valence-electron chi connectivity index (χ4n) is 2.64. The van der Waals surface area contributed by atoms with Gasteiger partial charge < -0.3 is 4.98 Å². The van der Waals surface area contributed by atoms with E-state index in [9.17, 15) is 4.21 Å². The van der Waals surface area contributed by atoms with E-state index in [4.69, 9.17) is 0 Å². The molecule has 2 heterocycles. The van der Waals surface area contributed by atoms with Crippen LogP contribution in [0.15, 0.2) is 29.6 Å². The van der Waals surface area contributed by atoms with E-state index >= 15 is 0 Å². The SMILES string of the molecule is Cc1cnc(CS(=O)c2nc3c(C)cc(C)cc3[nH]2)c(C)c1. The van der Waals surface area contributed by atoms with Crippen LogP contribution in [0.5, 0.6) is 0 Å². The van der Waals surface area contributed by atoms with Gasteiger partial charge in [0.1, 0.15) is 0 Å². The molecule has 0 amide bonds. The Morgan fingerprint density at radius 1 is 1.05 bits per heavy atom. The van der Waals surface area contributed by atoms with Gasteiger partial charge in [-0.15, -0.1) is 0 Å². The first kappa shape index (κ1) is 14.9. The molecule has 0 aliphatic rings. The molecular formula is C17H19N3OS. The maximum absolute atomic E-state index is 12.6. The monoisotopic (exact) mass is 313 g/mol. The number of aryl methyl sites for hydroxylation is 4. The van der Waals surface area contributed by atoms with E-state index < -0.39 is 10.8 Å². The Bertz CT molecular complexity index is 883. The van der Waals surface area contributed by atoms with Crippen molar-refractivity contribution < 1.29 is 4.21 Å². The number of fused-ring (bicyclic) bond motifs is 1. The van der Waals surface area contributed by atoms with E-state index in [0.29, 0.717) is 10.9 Å². The van der Waals surface area contributed by atoms with Gasteiger partial charge in [-0.2, -0.15) is 0 Å². The lowest BCUT2D eigenvalue weighted by Gasteiger charge is -2.04. The molecule has 0 bridgehead atoms. The predicted octanol–water partition coefficient (Wildman–Crippen LogP) is 3.50. The molecule has 0 aliphatic carbocycles. The van der Waals surface area contributed by atoms with Crippen molar-refractivity contribution >= 4 is 21.8 Å². The van der Waals surface area contributed by atoms with Crippen LogP contribution in [0.1, 0.15) is 27.9 Å². The van der Waals surface area contributed by atoms with Gasteiger partial charge in [0.15, 0.2) is 5.16 Å². The number of imidazole rings is 1. The van der Waals surface area contributed by atoms with Crippen molar-refractivity contribution in [1.29, 1.82) is 0 Å². The predicted molar refractivity (Wildman–Crippen MR) is 89.4 cm³/mol. The van der Waals surface area contributed by atoms with Crippen LogP contribution in [0.3, 0.4) is 0 Å². The minimum Gasteiger partial charge on any atom is -0.331 e. The standard InChI is InChI=1S/C17H19N3OS/c1-10-5-13(4)16-14(7-10)19-17(20-16)22(21)9-15-12(3)6-11(2)8-18-15/h5-8H,9H2,1-4H3,(H,19,20). The molecule has 0 fully saturated rings. The zero-order valence-electron chi connectivity index (χ0n) is 13.2. The summed E-state index contributed by atoms with van der Waals surface area (Å²) in [6.45, 7) is 8.07. The van der Waals surface area contributed by atoms with E-state index in [1.165, 1.54) is 5.56 Å². The van der Waals surface area contributed by atoms with Crippen LogP contribution in [-0.4, -0.2) is 19.2 Å². The summed E-state index contributed by atoms with van der Waals surface area (Å²) in [6, 6.07) is 6.18. The summed E-state index contributed by atoms with van der Waals surface area (Å²) in [7, 11) is -1.23.